The summed E-state index contributed by atoms with van der Waals surface area (Å²) in [7, 11) is 1.90. The van der Waals surface area contributed by atoms with E-state index in [0.29, 0.717) is 0 Å². The van der Waals surface area contributed by atoms with E-state index in [-0.39, 0.29) is 0 Å². The third-order valence-corrected chi connectivity index (χ3v) is 2.75. The van der Waals surface area contributed by atoms with Crippen molar-refractivity contribution in [2.24, 2.45) is 7.05 Å². The summed E-state index contributed by atoms with van der Waals surface area (Å²) in [6, 6.07) is 0. The first-order chi connectivity index (χ1) is 6.75. The summed E-state index contributed by atoms with van der Waals surface area (Å²) in [4.78, 5) is 2.37. The van der Waals surface area contributed by atoms with E-state index < -0.39 is 0 Å². The highest BCUT2D eigenvalue weighted by molar-refractivity contribution is 6.31. The van der Waals surface area contributed by atoms with Crippen LogP contribution in [0.2, 0.25) is 5.02 Å². The third kappa shape index (κ3) is 2.26. The molecule has 14 heavy (non-hydrogen) atoms. The molecule has 0 bridgehead atoms. The lowest BCUT2D eigenvalue weighted by atomic mass is 10.3. The van der Waals surface area contributed by atoms with Crippen molar-refractivity contribution in [3.8, 4) is 0 Å². The number of nitrogens with zero attached hydrogens (tertiary/aromatic N) is 3. The molecule has 4 nitrogen and oxygen atoms in total. The number of hydrogen-bond donors (Lipinski definition) is 1. The number of aryl methyl sites for hydroxylation is 1. The van der Waals surface area contributed by atoms with Gasteiger partial charge in [-0.05, 0) is 0 Å². The number of aromatic nitrogens is 2. The number of halogens is 1. The highest BCUT2D eigenvalue weighted by Gasteiger charge is 2.13. The van der Waals surface area contributed by atoms with Gasteiger partial charge in [0.15, 0.2) is 0 Å². The molecule has 78 valence electrons. The van der Waals surface area contributed by atoms with Crippen LogP contribution < -0.4 is 5.32 Å². The summed E-state index contributed by atoms with van der Waals surface area (Å²) in [5.41, 5.74) is 0.982. The van der Waals surface area contributed by atoms with E-state index in [1.54, 1.807) is 4.68 Å². The predicted octanol–water partition coefficient (Wildman–Crippen LogP) is 0.479. The van der Waals surface area contributed by atoms with Crippen molar-refractivity contribution in [3.63, 3.8) is 0 Å². The first kappa shape index (κ1) is 9.96. The Morgan fingerprint density at radius 2 is 2.21 bits per heavy atom. The Balaban J connectivity index is 1.98. The maximum Gasteiger partial charge on any atom is 0.0950 e. The van der Waals surface area contributed by atoms with Crippen molar-refractivity contribution in [1.82, 2.24) is 20.0 Å². The van der Waals surface area contributed by atoms with Crippen molar-refractivity contribution in [3.05, 3.63) is 16.9 Å². The number of hydrogen-bond acceptors (Lipinski definition) is 3. The van der Waals surface area contributed by atoms with Gasteiger partial charge in [-0.1, -0.05) is 11.6 Å². The van der Waals surface area contributed by atoms with Crippen LogP contribution in [0.3, 0.4) is 0 Å². The van der Waals surface area contributed by atoms with Gasteiger partial charge in [0, 0.05) is 46.0 Å². The predicted molar refractivity (Wildman–Crippen MR) is 56.4 cm³/mol. The average Bonchev–Trinajstić information content (AvgIpc) is 2.47. The van der Waals surface area contributed by atoms with Crippen LogP contribution in [0.4, 0.5) is 0 Å². The molecule has 1 aromatic heterocycles. The van der Waals surface area contributed by atoms with Gasteiger partial charge < -0.3 is 5.32 Å². The largest absolute Gasteiger partial charge is 0.314 e. The molecule has 0 spiro atoms. The normalized spacial score (nSPS) is 18.7. The van der Waals surface area contributed by atoms with Crippen LogP contribution in [0.5, 0.6) is 0 Å². The van der Waals surface area contributed by atoms with E-state index >= 15 is 0 Å². The maximum absolute atomic E-state index is 6.04. The van der Waals surface area contributed by atoms with Crippen LogP contribution in [0, 0.1) is 0 Å². The summed E-state index contributed by atoms with van der Waals surface area (Å²) in [5, 5.41) is 8.42. The molecule has 0 saturated carbocycles. The van der Waals surface area contributed by atoms with Crippen LogP contribution >= 0.6 is 11.6 Å². The van der Waals surface area contributed by atoms with Gasteiger partial charge in [-0.2, -0.15) is 5.10 Å². The van der Waals surface area contributed by atoms with E-state index in [2.05, 4.69) is 15.3 Å². The molecule has 1 aliphatic rings. The topological polar surface area (TPSA) is 33.1 Å². The Morgan fingerprint density at radius 1 is 1.50 bits per heavy atom. The first-order valence-corrected chi connectivity index (χ1v) is 5.24. The fourth-order valence-corrected chi connectivity index (χ4v) is 1.93. The van der Waals surface area contributed by atoms with Gasteiger partial charge in [0.05, 0.1) is 10.7 Å². The number of rotatable bonds is 2. The molecule has 0 aliphatic carbocycles. The summed E-state index contributed by atoms with van der Waals surface area (Å²) >= 11 is 6.04. The zero-order chi connectivity index (χ0) is 9.97. The second kappa shape index (κ2) is 4.29. The minimum atomic E-state index is 0.769. The van der Waals surface area contributed by atoms with Gasteiger partial charge in [0.1, 0.15) is 0 Å². The lowest BCUT2D eigenvalue weighted by molar-refractivity contribution is 0.230. The van der Waals surface area contributed by atoms with Crippen LogP contribution in [0.25, 0.3) is 0 Å². The van der Waals surface area contributed by atoms with E-state index in [1.807, 2.05) is 13.2 Å². The number of nitrogens with one attached hydrogen (secondary N) is 1. The van der Waals surface area contributed by atoms with Crippen LogP contribution in [-0.4, -0.2) is 40.9 Å². The quantitative estimate of drug-likeness (QED) is 0.778. The summed E-state index contributed by atoms with van der Waals surface area (Å²) in [5.74, 6) is 0. The highest BCUT2D eigenvalue weighted by atomic mass is 35.5. The fourth-order valence-electron chi connectivity index (χ4n) is 1.69. The van der Waals surface area contributed by atoms with E-state index in [0.717, 1.165) is 43.4 Å². The van der Waals surface area contributed by atoms with Gasteiger partial charge in [0.25, 0.3) is 0 Å². The lowest BCUT2D eigenvalue weighted by Crippen LogP contribution is -2.43. The minimum absolute atomic E-state index is 0.769. The molecule has 0 radical (unpaired) electrons. The monoisotopic (exact) mass is 214 g/mol. The van der Waals surface area contributed by atoms with Gasteiger partial charge in [-0.15, -0.1) is 0 Å². The molecule has 5 heteroatoms. The van der Waals surface area contributed by atoms with Gasteiger partial charge in [-0.25, -0.2) is 0 Å². The molecule has 0 unspecified atom stereocenters. The second-order valence-electron chi connectivity index (χ2n) is 3.62. The van der Waals surface area contributed by atoms with Gasteiger partial charge >= 0.3 is 0 Å². The molecule has 2 rings (SSSR count). The van der Waals surface area contributed by atoms with Crippen molar-refractivity contribution in [2.75, 3.05) is 26.2 Å². The molecule has 0 aromatic carbocycles. The molecule has 1 aromatic rings. The van der Waals surface area contributed by atoms with Crippen LogP contribution in [0.15, 0.2) is 6.20 Å². The SMILES string of the molecule is Cn1cc(Cl)c(CN2CCNCC2)n1. The first-order valence-electron chi connectivity index (χ1n) is 4.87. The lowest BCUT2D eigenvalue weighted by Gasteiger charge is -2.26. The van der Waals surface area contributed by atoms with E-state index in [4.69, 9.17) is 11.6 Å². The molecule has 0 amide bonds. The number of piperazine rings is 1. The van der Waals surface area contributed by atoms with Crippen molar-refractivity contribution in [1.29, 1.82) is 0 Å². The minimum Gasteiger partial charge on any atom is -0.314 e. The molecule has 0 atom stereocenters. The van der Waals surface area contributed by atoms with E-state index in [9.17, 15) is 0 Å². The summed E-state index contributed by atoms with van der Waals surface area (Å²) in [6.07, 6.45) is 1.85. The Hall–Kier alpha value is -0.580. The Morgan fingerprint density at radius 3 is 2.79 bits per heavy atom. The summed E-state index contributed by atoms with van der Waals surface area (Å²) < 4.78 is 1.76. The van der Waals surface area contributed by atoms with Crippen molar-refractivity contribution >= 4 is 11.6 Å². The second-order valence-corrected chi connectivity index (χ2v) is 4.03. The highest BCUT2D eigenvalue weighted by Crippen LogP contribution is 2.15. The fraction of sp³-hybridized carbons (Fsp3) is 0.667. The average molecular weight is 215 g/mol. The van der Waals surface area contributed by atoms with E-state index in [1.165, 1.54) is 0 Å². The Bertz CT molecular complexity index is 304. The molecule has 1 saturated heterocycles. The molecular weight excluding hydrogens is 200 g/mol. The maximum atomic E-state index is 6.04. The van der Waals surface area contributed by atoms with Gasteiger partial charge in [-0.3, -0.25) is 9.58 Å². The van der Waals surface area contributed by atoms with Crippen LogP contribution in [0.1, 0.15) is 5.69 Å². The zero-order valence-electron chi connectivity index (χ0n) is 8.33. The third-order valence-electron chi connectivity index (χ3n) is 2.44. The zero-order valence-corrected chi connectivity index (χ0v) is 9.09. The molecule has 1 N–H and O–H groups in total. The smallest absolute Gasteiger partial charge is 0.0950 e. The van der Waals surface area contributed by atoms with Crippen molar-refractivity contribution < 1.29 is 0 Å². The molecule has 1 fully saturated rings. The van der Waals surface area contributed by atoms with Crippen LogP contribution in [-0.2, 0) is 13.6 Å². The van der Waals surface area contributed by atoms with Gasteiger partial charge in [0.2, 0.25) is 0 Å². The Kier molecular flexibility index (Phi) is 3.05. The molecule has 2 heterocycles. The standard InChI is InChI=1S/C9H15ClN4/c1-13-6-8(10)9(12-13)7-14-4-2-11-3-5-14/h6,11H,2-5,7H2,1H3. The molecular formula is C9H15ClN4. The summed E-state index contributed by atoms with van der Waals surface area (Å²) in [6.45, 7) is 5.13. The van der Waals surface area contributed by atoms with Crippen molar-refractivity contribution in [2.45, 2.75) is 6.54 Å². The Labute approximate surface area is 88.8 Å². The molecule has 1 aliphatic heterocycles.